The molecule has 1 rings (SSSR count). The van der Waals surface area contributed by atoms with Crippen molar-refractivity contribution in [2.75, 3.05) is 13.3 Å². The van der Waals surface area contributed by atoms with Crippen LogP contribution in [0, 0.1) is 0 Å². The van der Waals surface area contributed by atoms with E-state index < -0.39 is 8.07 Å². The van der Waals surface area contributed by atoms with E-state index in [0.29, 0.717) is 6.61 Å². The maximum Gasteiger partial charge on any atom is 0.118 e. The molecular weight excluding hydrogens is 204 g/mol. The second-order valence-electron chi connectivity index (χ2n) is 4.90. The first-order valence-corrected chi connectivity index (χ1v) is 8.93. The number of benzene rings is 1. The van der Waals surface area contributed by atoms with Gasteiger partial charge in [0.2, 0.25) is 0 Å². The quantitative estimate of drug-likeness (QED) is 0.716. The number of hydrogen-bond donors (Lipinski definition) is 0. The standard InChI is InChI=1S/C12H20O2Si/c1-13-12-7-5-11(6-8-12)9-14-10-15(2,3)4/h5-8H,9-10H2,1-4H3. The molecule has 0 atom stereocenters. The Hall–Kier alpha value is -0.803. The fourth-order valence-corrected chi connectivity index (χ4v) is 1.91. The zero-order chi connectivity index (χ0) is 11.3. The van der Waals surface area contributed by atoms with Crippen LogP contribution in [0.3, 0.4) is 0 Å². The topological polar surface area (TPSA) is 18.5 Å². The SMILES string of the molecule is COc1ccc(COC[Si](C)(C)C)cc1. The van der Waals surface area contributed by atoms with E-state index in [1.54, 1.807) is 7.11 Å². The molecule has 0 amide bonds. The van der Waals surface area contributed by atoms with Gasteiger partial charge in [0.25, 0.3) is 0 Å². The molecule has 0 saturated heterocycles. The molecule has 0 aliphatic carbocycles. The molecule has 15 heavy (non-hydrogen) atoms. The molecule has 0 aromatic heterocycles. The maximum atomic E-state index is 5.68. The van der Waals surface area contributed by atoms with Crippen LogP contribution in [-0.2, 0) is 11.3 Å². The van der Waals surface area contributed by atoms with Crippen molar-refractivity contribution in [2.45, 2.75) is 26.2 Å². The third-order valence-corrected chi connectivity index (χ3v) is 3.03. The van der Waals surface area contributed by atoms with Crippen molar-refractivity contribution in [3.05, 3.63) is 29.8 Å². The van der Waals surface area contributed by atoms with Gasteiger partial charge in [0, 0.05) is 6.23 Å². The lowest BCUT2D eigenvalue weighted by molar-refractivity contribution is 0.159. The van der Waals surface area contributed by atoms with Crippen LogP contribution in [0.4, 0.5) is 0 Å². The second kappa shape index (κ2) is 5.33. The molecule has 0 fully saturated rings. The van der Waals surface area contributed by atoms with E-state index in [9.17, 15) is 0 Å². The van der Waals surface area contributed by atoms with E-state index in [4.69, 9.17) is 9.47 Å². The first-order valence-electron chi connectivity index (χ1n) is 5.22. The van der Waals surface area contributed by atoms with E-state index >= 15 is 0 Å². The fraction of sp³-hybridized carbons (Fsp3) is 0.500. The van der Waals surface area contributed by atoms with Gasteiger partial charge < -0.3 is 9.47 Å². The lowest BCUT2D eigenvalue weighted by Gasteiger charge is -2.15. The highest BCUT2D eigenvalue weighted by Gasteiger charge is 2.12. The molecule has 2 nitrogen and oxygen atoms in total. The van der Waals surface area contributed by atoms with Crippen molar-refractivity contribution >= 4 is 8.07 Å². The Balaban J connectivity index is 2.38. The summed E-state index contributed by atoms with van der Waals surface area (Å²) in [5.74, 6) is 0.893. The molecule has 1 aromatic carbocycles. The summed E-state index contributed by atoms with van der Waals surface area (Å²) in [5.41, 5.74) is 1.20. The molecule has 0 heterocycles. The Morgan fingerprint density at radius 1 is 1.07 bits per heavy atom. The van der Waals surface area contributed by atoms with Crippen LogP contribution < -0.4 is 4.74 Å². The monoisotopic (exact) mass is 224 g/mol. The highest BCUT2D eigenvalue weighted by molar-refractivity contribution is 6.76. The molecule has 84 valence electrons. The molecule has 1 aromatic rings. The molecule has 0 N–H and O–H groups in total. The van der Waals surface area contributed by atoms with Gasteiger partial charge >= 0.3 is 0 Å². The normalized spacial score (nSPS) is 11.5. The molecule has 0 aliphatic heterocycles. The van der Waals surface area contributed by atoms with Gasteiger partial charge in [-0.2, -0.15) is 0 Å². The van der Waals surface area contributed by atoms with Gasteiger partial charge in [-0.05, 0) is 17.7 Å². The summed E-state index contributed by atoms with van der Waals surface area (Å²) in [6.07, 6.45) is 0.916. The number of ether oxygens (including phenoxy) is 2. The third-order valence-electron chi connectivity index (χ3n) is 1.96. The Morgan fingerprint density at radius 2 is 1.67 bits per heavy atom. The van der Waals surface area contributed by atoms with Gasteiger partial charge in [-0.15, -0.1) is 0 Å². The predicted octanol–water partition coefficient (Wildman–Crippen LogP) is 3.09. The van der Waals surface area contributed by atoms with Crippen LogP contribution in [0.5, 0.6) is 5.75 Å². The molecule has 0 radical (unpaired) electrons. The van der Waals surface area contributed by atoms with Crippen molar-refractivity contribution in [2.24, 2.45) is 0 Å². The molecule has 0 saturated carbocycles. The maximum absolute atomic E-state index is 5.68. The molecule has 0 unspecified atom stereocenters. The second-order valence-corrected chi connectivity index (χ2v) is 10.3. The first kappa shape index (κ1) is 12.3. The summed E-state index contributed by atoms with van der Waals surface area (Å²) in [6, 6.07) is 8.02. The highest BCUT2D eigenvalue weighted by Crippen LogP contribution is 2.12. The lowest BCUT2D eigenvalue weighted by atomic mass is 10.2. The molecule has 0 spiro atoms. The van der Waals surface area contributed by atoms with Crippen molar-refractivity contribution in [3.8, 4) is 5.75 Å². The average molecular weight is 224 g/mol. The van der Waals surface area contributed by atoms with Gasteiger partial charge in [0.05, 0.1) is 21.8 Å². The summed E-state index contributed by atoms with van der Waals surface area (Å²) >= 11 is 0. The minimum Gasteiger partial charge on any atom is -0.497 e. The van der Waals surface area contributed by atoms with Gasteiger partial charge in [-0.25, -0.2) is 0 Å². The summed E-state index contributed by atoms with van der Waals surface area (Å²) in [6.45, 7) is 7.62. The van der Waals surface area contributed by atoms with Crippen LogP contribution >= 0.6 is 0 Å². The van der Waals surface area contributed by atoms with Gasteiger partial charge in [0.1, 0.15) is 5.75 Å². The zero-order valence-corrected chi connectivity index (χ0v) is 11.0. The molecule has 0 aliphatic rings. The van der Waals surface area contributed by atoms with Gasteiger partial charge in [-0.1, -0.05) is 31.8 Å². The van der Waals surface area contributed by atoms with Gasteiger partial charge in [0.15, 0.2) is 0 Å². The van der Waals surface area contributed by atoms with E-state index in [-0.39, 0.29) is 0 Å². The lowest BCUT2D eigenvalue weighted by Crippen LogP contribution is -2.27. The Kier molecular flexibility index (Phi) is 4.36. The van der Waals surface area contributed by atoms with E-state index in [1.165, 1.54) is 5.56 Å². The van der Waals surface area contributed by atoms with Crippen molar-refractivity contribution in [1.82, 2.24) is 0 Å². The molecule has 3 heteroatoms. The number of methoxy groups -OCH3 is 1. The largest absolute Gasteiger partial charge is 0.497 e. The van der Waals surface area contributed by atoms with Crippen LogP contribution in [0.1, 0.15) is 5.56 Å². The predicted molar refractivity (Wildman–Crippen MR) is 66.0 cm³/mol. The van der Waals surface area contributed by atoms with Crippen LogP contribution in [0.25, 0.3) is 0 Å². The van der Waals surface area contributed by atoms with Crippen LogP contribution in [0.15, 0.2) is 24.3 Å². The molecule has 0 bridgehead atoms. The third kappa shape index (κ3) is 5.00. The van der Waals surface area contributed by atoms with Crippen LogP contribution in [0.2, 0.25) is 19.6 Å². The van der Waals surface area contributed by atoms with E-state index in [1.807, 2.05) is 24.3 Å². The van der Waals surface area contributed by atoms with E-state index in [2.05, 4.69) is 19.6 Å². The smallest absolute Gasteiger partial charge is 0.118 e. The first-order chi connectivity index (χ1) is 7.01. The number of rotatable bonds is 5. The summed E-state index contributed by atoms with van der Waals surface area (Å²) in [7, 11) is 0.602. The van der Waals surface area contributed by atoms with Crippen molar-refractivity contribution in [3.63, 3.8) is 0 Å². The van der Waals surface area contributed by atoms with Crippen molar-refractivity contribution in [1.29, 1.82) is 0 Å². The van der Waals surface area contributed by atoms with Gasteiger partial charge in [-0.3, -0.25) is 0 Å². The summed E-state index contributed by atoms with van der Waals surface area (Å²) in [4.78, 5) is 0. The number of hydrogen-bond acceptors (Lipinski definition) is 2. The van der Waals surface area contributed by atoms with E-state index in [0.717, 1.165) is 12.0 Å². The Bertz CT molecular complexity index is 287. The Labute approximate surface area is 93.2 Å². The molecular formula is C12H20O2Si. The average Bonchev–Trinajstić information content (AvgIpc) is 2.17. The summed E-state index contributed by atoms with van der Waals surface area (Å²) < 4.78 is 10.8. The van der Waals surface area contributed by atoms with Crippen molar-refractivity contribution < 1.29 is 9.47 Å². The van der Waals surface area contributed by atoms with Crippen LogP contribution in [-0.4, -0.2) is 21.4 Å². The fourth-order valence-electron chi connectivity index (χ4n) is 1.20. The minimum atomic E-state index is -1.08. The summed E-state index contributed by atoms with van der Waals surface area (Å²) in [5, 5.41) is 0. The zero-order valence-electron chi connectivity index (χ0n) is 10.0. The Morgan fingerprint density at radius 3 is 2.13 bits per heavy atom. The highest BCUT2D eigenvalue weighted by atomic mass is 28.3. The minimum absolute atomic E-state index is 0.703.